The molecule has 1 aliphatic heterocycles. The quantitative estimate of drug-likeness (QED) is 0.761. The van der Waals surface area contributed by atoms with Gasteiger partial charge in [0.1, 0.15) is 5.75 Å². The van der Waals surface area contributed by atoms with Crippen molar-refractivity contribution in [2.45, 2.75) is 12.8 Å². The predicted octanol–water partition coefficient (Wildman–Crippen LogP) is 0.635. The molecule has 20 heavy (non-hydrogen) atoms. The van der Waals surface area contributed by atoms with Gasteiger partial charge in [-0.2, -0.15) is 0 Å². The minimum absolute atomic E-state index is 0.264. The van der Waals surface area contributed by atoms with Crippen molar-refractivity contribution in [3.05, 3.63) is 29.3 Å². The van der Waals surface area contributed by atoms with Gasteiger partial charge in [0.2, 0.25) is 0 Å². The summed E-state index contributed by atoms with van der Waals surface area (Å²) < 4.78 is 5.42. The fourth-order valence-electron chi connectivity index (χ4n) is 2.28. The van der Waals surface area contributed by atoms with Crippen LogP contribution in [0.25, 0.3) is 0 Å². The van der Waals surface area contributed by atoms with E-state index in [-0.39, 0.29) is 13.1 Å². The first kappa shape index (κ1) is 14.3. The Bertz CT molecular complexity index is 498. The van der Waals surface area contributed by atoms with Crippen molar-refractivity contribution >= 4 is 11.9 Å². The molecule has 0 bridgehead atoms. The molecule has 0 aliphatic carbocycles. The van der Waals surface area contributed by atoms with Crippen LogP contribution in [0, 0.1) is 0 Å². The molecular weight excluding hydrogens is 262 g/mol. The minimum atomic E-state index is -1.02. The van der Waals surface area contributed by atoms with Gasteiger partial charge in [0, 0.05) is 13.0 Å². The molecule has 6 nitrogen and oxygen atoms in total. The Labute approximate surface area is 116 Å². The van der Waals surface area contributed by atoms with Gasteiger partial charge in [-0.15, -0.1) is 0 Å². The molecule has 0 unspecified atom stereocenters. The Morgan fingerprint density at radius 1 is 1.20 bits per heavy atom. The summed E-state index contributed by atoms with van der Waals surface area (Å²) >= 11 is 0. The molecule has 108 valence electrons. The second kappa shape index (κ2) is 6.38. The first-order valence-electron chi connectivity index (χ1n) is 6.45. The molecule has 0 spiro atoms. The van der Waals surface area contributed by atoms with Gasteiger partial charge < -0.3 is 14.9 Å². The van der Waals surface area contributed by atoms with Gasteiger partial charge in [-0.05, 0) is 23.6 Å². The van der Waals surface area contributed by atoms with Gasteiger partial charge in [-0.3, -0.25) is 14.5 Å². The molecule has 2 rings (SSSR count). The van der Waals surface area contributed by atoms with Gasteiger partial charge in [-0.1, -0.05) is 12.1 Å². The number of carboxylic acid groups (broad SMARTS) is 2. The summed E-state index contributed by atoms with van der Waals surface area (Å²) in [6, 6.07) is 5.89. The number of carboxylic acids is 2. The summed E-state index contributed by atoms with van der Waals surface area (Å²) in [4.78, 5) is 22.8. The highest BCUT2D eigenvalue weighted by Crippen LogP contribution is 2.25. The number of ether oxygens (including phenoxy) is 1. The summed E-state index contributed by atoms with van der Waals surface area (Å²) in [5.74, 6) is -1.14. The Morgan fingerprint density at radius 3 is 2.55 bits per heavy atom. The number of fused-ring (bicyclic) bond motifs is 1. The van der Waals surface area contributed by atoms with Crippen molar-refractivity contribution in [1.29, 1.82) is 0 Å². The molecule has 0 atom stereocenters. The first-order chi connectivity index (χ1) is 9.54. The maximum atomic E-state index is 10.7. The van der Waals surface area contributed by atoms with Crippen molar-refractivity contribution in [3.63, 3.8) is 0 Å². The Morgan fingerprint density at radius 2 is 1.90 bits per heavy atom. The van der Waals surface area contributed by atoms with Crippen molar-refractivity contribution < 1.29 is 24.5 Å². The summed E-state index contributed by atoms with van der Waals surface area (Å²) in [6.45, 7) is 0.571. The third-order valence-electron chi connectivity index (χ3n) is 3.19. The van der Waals surface area contributed by atoms with Crippen molar-refractivity contribution in [2.24, 2.45) is 0 Å². The fourth-order valence-corrected chi connectivity index (χ4v) is 2.28. The van der Waals surface area contributed by atoms with Crippen LogP contribution in [0.2, 0.25) is 0 Å². The topological polar surface area (TPSA) is 87.1 Å². The van der Waals surface area contributed by atoms with Gasteiger partial charge in [-0.25, -0.2) is 0 Å². The van der Waals surface area contributed by atoms with Crippen molar-refractivity contribution in [1.82, 2.24) is 4.90 Å². The highest BCUT2D eigenvalue weighted by molar-refractivity contribution is 5.72. The zero-order valence-corrected chi connectivity index (χ0v) is 11.0. The van der Waals surface area contributed by atoms with E-state index in [9.17, 15) is 9.59 Å². The van der Waals surface area contributed by atoms with Crippen LogP contribution in [0.3, 0.4) is 0 Å². The van der Waals surface area contributed by atoms with E-state index in [4.69, 9.17) is 14.9 Å². The van der Waals surface area contributed by atoms with Crippen LogP contribution in [-0.2, 0) is 22.4 Å². The molecule has 1 aromatic rings. The average molecular weight is 279 g/mol. The van der Waals surface area contributed by atoms with E-state index in [0.717, 1.165) is 23.3 Å². The molecule has 1 heterocycles. The molecule has 0 amide bonds. The van der Waals surface area contributed by atoms with E-state index >= 15 is 0 Å². The summed E-state index contributed by atoms with van der Waals surface area (Å²) in [5, 5.41) is 17.5. The maximum absolute atomic E-state index is 10.7. The summed E-state index contributed by atoms with van der Waals surface area (Å²) in [6.07, 6.45) is 1.50. The van der Waals surface area contributed by atoms with Crippen molar-refractivity contribution in [3.8, 4) is 5.75 Å². The molecular formula is C14H17NO5. The van der Waals surface area contributed by atoms with Crippen LogP contribution in [0.1, 0.15) is 11.1 Å². The van der Waals surface area contributed by atoms with E-state index in [1.54, 1.807) is 0 Å². The molecule has 1 aromatic carbocycles. The number of hydrogen-bond acceptors (Lipinski definition) is 4. The predicted molar refractivity (Wildman–Crippen MR) is 71.1 cm³/mol. The molecule has 0 fully saturated rings. The van der Waals surface area contributed by atoms with E-state index in [1.165, 1.54) is 4.90 Å². The summed E-state index contributed by atoms with van der Waals surface area (Å²) in [7, 11) is 0. The number of hydrogen-bond donors (Lipinski definition) is 2. The second-order valence-corrected chi connectivity index (χ2v) is 4.79. The van der Waals surface area contributed by atoms with Crippen LogP contribution in [0.5, 0.6) is 5.75 Å². The van der Waals surface area contributed by atoms with Gasteiger partial charge >= 0.3 is 11.9 Å². The smallest absolute Gasteiger partial charge is 0.317 e. The Balaban J connectivity index is 1.94. The van der Waals surface area contributed by atoms with Crippen LogP contribution in [0.15, 0.2) is 18.2 Å². The van der Waals surface area contributed by atoms with Crippen LogP contribution in [-0.4, -0.2) is 53.3 Å². The van der Waals surface area contributed by atoms with E-state index in [1.807, 2.05) is 18.2 Å². The second-order valence-electron chi connectivity index (χ2n) is 4.79. The average Bonchev–Trinajstić information content (AvgIpc) is 2.81. The SMILES string of the molecule is O=C(O)CN(CCc1ccc2c(c1)CCO2)CC(=O)O. The number of rotatable bonds is 7. The highest BCUT2D eigenvalue weighted by atomic mass is 16.5. The van der Waals surface area contributed by atoms with E-state index < -0.39 is 11.9 Å². The van der Waals surface area contributed by atoms with Crippen molar-refractivity contribution in [2.75, 3.05) is 26.2 Å². The molecule has 0 saturated heterocycles. The molecule has 0 saturated carbocycles. The maximum Gasteiger partial charge on any atom is 0.317 e. The summed E-state index contributed by atoms with van der Waals surface area (Å²) in [5.41, 5.74) is 2.22. The normalized spacial score (nSPS) is 13.1. The van der Waals surface area contributed by atoms with Crippen LogP contribution in [0.4, 0.5) is 0 Å². The molecule has 6 heteroatoms. The third kappa shape index (κ3) is 3.96. The molecule has 0 aromatic heterocycles. The van der Waals surface area contributed by atoms with Gasteiger partial charge in [0.05, 0.1) is 19.7 Å². The standard InChI is InChI=1S/C14H17NO5/c16-13(17)8-15(9-14(18)19)5-3-10-1-2-12-11(7-10)4-6-20-12/h1-2,7H,3-6,8-9H2,(H,16,17)(H,18,19). The van der Waals surface area contributed by atoms with Gasteiger partial charge in [0.25, 0.3) is 0 Å². The highest BCUT2D eigenvalue weighted by Gasteiger charge is 2.15. The van der Waals surface area contributed by atoms with E-state index in [2.05, 4.69) is 0 Å². The molecule has 0 radical (unpaired) electrons. The lowest BCUT2D eigenvalue weighted by atomic mass is 10.1. The van der Waals surface area contributed by atoms with Crippen LogP contribution < -0.4 is 4.74 Å². The minimum Gasteiger partial charge on any atom is -0.493 e. The zero-order chi connectivity index (χ0) is 14.5. The number of benzene rings is 1. The lowest BCUT2D eigenvalue weighted by molar-refractivity contribution is -0.141. The third-order valence-corrected chi connectivity index (χ3v) is 3.19. The first-order valence-corrected chi connectivity index (χ1v) is 6.45. The zero-order valence-electron chi connectivity index (χ0n) is 11.0. The monoisotopic (exact) mass is 279 g/mol. The van der Waals surface area contributed by atoms with Crippen LogP contribution >= 0.6 is 0 Å². The molecule has 1 aliphatic rings. The fraction of sp³-hybridized carbons (Fsp3) is 0.429. The lowest BCUT2D eigenvalue weighted by Crippen LogP contribution is -2.35. The number of carbonyl (C=O) groups is 2. The van der Waals surface area contributed by atoms with Gasteiger partial charge in [0.15, 0.2) is 0 Å². The number of aliphatic carboxylic acids is 2. The lowest BCUT2D eigenvalue weighted by Gasteiger charge is -2.17. The Hall–Kier alpha value is -2.08. The Kier molecular flexibility index (Phi) is 4.57. The number of nitrogens with zero attached hydrogens (tertiary/aromatic N) is 1. The van der Waals surface area contributed by atoms with E-state index in [0.29, 0.717) is 19.6 Å². The largest absolute Gasteiger partial charge is 0.493 e. The molecule has 2 N–H and O–H groups in total.